The molecule has 7 heteroatoms. The van der Waals surface area contributed by atoms with Crippen LogP contribution in [0.25, 0.3) is 10.9 Å². The first-order valence-electron chi connectivity index (χ1n) is 7.68. The minimum Gasteiger partial charge on any atom is -0.494 e. The second kappa shape index (κ2) is 7.58. The molecule has 25 heavy (non-hydrogen) atoms. The van der Waals surface area contributed by atoms with E-state index in [0.717, 1.165) is 15.8 Å². The highest BCUT2D eigenvalue weighted by atomic mass is 79.9. The largest absolute Gasteiger partial charge is 0.494 e. The molecule has 130 valence electrons. The number of aryl methyl sites for hydroxylation is 2. The highest BCUT2D eigenvalue weighted by Gasteiger charge is 2.13. The van der Waals surface area contributed by atoms with Crippen LogP contribution in [0.15, 0.2) is 59.3 Å². The summed E-state index contributed by atoms with van der Waals surface area (Å²) in [5, 5.41) is 0.389. The topological polar surface area (TPSA) is 61.4 Å². The van der Waals surface area contributed by atoms with Crippen molar-refractivity contribution in [3.8, 4) is 5.75 Å². The van der Waals surface area contributed by atoms with Gasteiger partial charge in [-0.15, -0.1) is 0 Å². The van der Waals surface area contributed by atoms with Crippen LogP contribution in [0, 0.1) is 6.92 Å². The average molecular weight is 469 g/mol. The van der Waals surface area contributed by atoms with Gasteiger partial charge in [-0.2, -0.15) is 0 Å². The van der Waals surface area contributed by atoms with Gasteiger partial charge in [0.15, 0.2) is 0 Å². The number of aromatic nitrogens is 1. The Labute approximate surface area is 160 Å². The molecule has 0 saturated heterocycles. The summed E-state index contributed by atoms with van der Waals surface area (Å²) in [6.45, 7) is 2.71. The van der Waals surface area contributed by atoms with Crippen LogP contribution < -0.4 is 16.1 Å². The minimum absolute atomic E-state index is 0.386. The van der Waals surface area contributed by atoms with Gasteiger partial charge in [0.05, 0.1) is 17.5 Å². The molecule has 0 N–H and O–H groups in total. The number of nitrogens with zero attached hydrogens (tertiary/aromatic N) is 1. The van der Waals surface area contributed by atoms with Crippen molar-refractivity contribution in [1.29, 1.82) is 0 Å². The van der Waals surface area contributed by atoms with Crippen molar-refractivity contribution in [1.82, 2.24) is 4.57 Å². The lowest BCUT2D eigenvalue weighted by Gasteiger charge is -2.11. The molecule has 0 unspecified atom stereocenters. The second-order valence-corrected chi connectivity index (χ2v) is 7.38. The van der Waals surface area contributed by atoms with Crippen molar-refractivity contribution in [3.63, 3.8) is 0 Å². The Morgan fingerprint density at radius 1 is 1.12 bits per heavy atom. The lowest BCUT2D eigenvalue weighted by molar-refractivity contribution is 0.296. The Kier molecular flexibility index (Phi) is 5.44. The first kappa shape index (κ1) is 17.9. The van der Waals surface area contributed by atoms with Crippen LogP contribution in [0.3, 0.4) is 0 Å². The van der Waals surface area contributed by atoms with E-state index < -0.39 is 11.4 Å². The maximum atomic E-state index is 12.1. The highest BCUT2D eigenvalue weighted by molar-refractivity contribution is 9.11. The molecule has 1 heterocycles. The number of hydrogen-bond donors (Lipinski definition) is 0. The summed E-state index contributed by atoms with van der Waals surface area (Å²) in [6, 6.07) is 11.1. The fourth-order valence-electron chi connectivity index (χ4n) is 2.59. The lowest BCUT2D eigenvalue weighted by atomic mass is 10.2. The van der Waals surface area contributed by atoms with E-state index in [1.54, 1.807) is 6.07 Å². The summed E-state index contributed by atoms with van der Waals surface area (Å²) in [5.41, 5.74) is 0.845. The van der Waals surface area contributed by atoms with Crippen molar-refractivity contribution >= 4 is 42.8 Å². The van der Waals surface area contributed by atoms with Crippen LogP contribution in [-0.2, 0) is 6.54 Å². The average Bonchev–Trinajstić information content (AvgIpc) is 2.56. The van der Waals surface area contributed by atoms with E-state index in [2.05, 4.69) is 31.9 Å². The minimum atomic E-state index is -0.661. The fourth-order valence-corrected chi connectivity index (χ4v) is 3.64. The Morgan fingerprint density at radius 2 is 1.84 bits per heavy atom. The van der Waals surface area contributed by atoms with Gasteiger partial charge >= 0.3 is 11.4 Å². The van der Waals surface area contributed by atoms with Gasteiger partial charge in [-0.25, -0.2) is 9.59 Å². The summed E-state index contributed by atoms with van der Waals surface area (Å²) < 4.78 is 13.7. The zero-order valence-electron chi connectivity index (χ0n) is 13.4. The van der Waals surface area contributed by atoms with E-state index in [1.807, 2.05) is 37.3 Å². The molecule has 0 amide bonds. The number of fused-ring (bicyclic) bond motifs is 1. The maximum absolute atomic E-state index is 12.1. The molecule has 0 aliphatic rings. The van der Waals surface area contributed by atoms with Crippen molar-refractivity contribution in [3.05, 3.63) is 71.9 Å². The number of rotatable bonds is 5. The second-order valence-electron chi connectivity index (χ2n) is 5.61. The third-order valence-electron chi connectivity index (χ3n) is 3.71. The smallest absolute Gasteiger partial charge is 0.422 e. The van der Waals surface area contributed by atoms with Gasteiger partial charge < -0.3 is 9.15 Å². The highest BCUT2D eigenvalue weighted by Crippen LogP contribution is 2.23. The van der Waals surface area contributed by atoms with Gasteiger partial charge in [0, 0.05) is 15.5 Å². The molecule has 3 rings (SSSR count). The third kappa shape index (κ3) is 4.04. The van der Waals surface area contributed by atoms with Crippen molar-refractivity contribution in [2.24, 2.45) is 0 Å². The number of hydrogen-bond acceptors (Lipinski definition) is 4. The van der Waals surface area contributed by atoms with Gasteiger partial charge in [-0.1, -0.05) is 15.9 Å². The molecule has 0 spiro atoms. The SMILES string of the molecule is Cc1cc(Br)c2c(c1)c(=O)oc(=O)n2CCCOc1ccc(Br)cc1. The van der Waals surface area contributed by atoms with E-state index in [9.17, 15) is 9.59 Å². The van der Waals surface area contributed by atoms with Crippen LogP contribution in [0.2, 0.25) is 0 Å². The van der Waals surface area contributed by atoms with Gasteiger partial charge in [0.25, 0.3) is 0 Å². The molecule has 5 nitrogen and oxygen atoms in total. The molecular formula is C18H15Br2NO4. The summed E-state index contributed by atoms with van der Waals surface area (Å²) in [5.74, 6) is 0.0995. The molecule has 0 bridgehead atoms. The van der Waals surface area contributed by atoms with E-state index >= 15 is 0 Å². The summed E-state index contributed by atoms with van der Waals surface area (Å²) in [7, 11) is 0. The van der Waals surface area contributed by atoms with Crippen LogP contribution in [-0.4, -0.2) is 11.2 Å². The van der Waals surface area contributed by atoms with Crippen molar-refractivity contribution < 1.29 is 9.15 Å². The van der Waals surface area contributed by atoms with Gasteiger partial charge in [0.2, 0.25) is 0 Å². The predicted octanol–water partition coefficient (Wildman–Crippen LogP) is 4.26. The van der Waals surface area contributed by atoms with Crippen molar-refractivity contribution in [2.75, 3.05) is 6.61 Å². The Hall–Kier alpha value is -1.86. The monoisotopic (exact) mass is 467 g/mol. The Morgan fingerprint density at radius 3 is 2.56 bits per heavy atom. The number of benzene rings is 2. The van der Waals surface area contributed by atoms with Gasteiger partial charge in [-0.05, 0) is 71.2 Å². The van der Waals surface area contributed by atoms with E-state index in [0.29, 0.717) is 34.9 Å². The maximum Gasteiger partial charge on any atom is 0.422 e. The molecule has 0 aliphatic heterocycles. The molecule has 1 aromatic heterocycles. The zero-order chi connectivity index (χ0) is 18.0. The zero-order valence-corrected chi connectivity index (χ0v) is 16.6. The predicted molar refractivity (Wildman–Crippen MR) is 103 cm³/mol. The van der Waals surface area contributed by atoms with E-state index in [1.165, 1.54) is 4.57 Å². The number of ether oxygens (including phenoxy) is 1. The third-order valence-corrected chi connectivity index (χ3v) is 4.84. The Bertz CT molecular complexity index is 1020. The summed E-state index contributed by atoms with van der Waals surface area (Å²) in [6.07, 6.45) is 0.596. The fraction of sp³-hybridized carbons (Fsp3) is 0.222. The number of halogens is 2. The molecule has 0 atom stereocenters. The van der Waals surface area contributed by atoms with Gasteiger partial charge in [-0.3, -0.25) is 4.57 Å². The van der Waals surface area contributed by atoms with Crippen LogP contribution in [0.5, 0.6) is 5.75 Å². The van der Waals surface area contributed by atoms with E-state index in [-0.39, 0.29) is 0 Å². The molecule has 0 aliphatic carbocycles. The summed E-state index contributed by atoms with van der Waals surface area (Å²) >= 11 is 6.82. The first-order valence-corrected chi connectivity index (χ1v) is 9.26. The Balaban J connectivity index is 1.80. The molecule has 2 aromatic carbocycles. The quantitative estimate of drug-likeness (QED) is 0.525. The summed E-state index contributed by atoms with van der Waals surface area (Å²) in [4.78, 5) is 24.1. The molecule has 0 saturated carbocycles. The molecule has 0 radical (unpaired) electrons. The first-order chi connectivity index (χ1) is 12.0. The van der Waals surface area contributed by atoms with E-state index in [4.69, 9.17) is 9.15 Å². The van der Waals surface area contributed by atoms with Crippen LogP contribution in [0.4, 0.5) is 0 Å². The normalized spacial score (nSPS) is 11.0. The van der Waals surface area contributed by atoms with Crippen LogP contribution >= 0.6 is 31.9 Å². The van der Waals surface area contributed by atoms with Crippen molar-refractivity contribution in [2.45, 2.75) is 19.9 Å². The van der Waals surface area contributed by atoms with Gasteiger partial charge in [0.1, 0.15) is 5.75 Å². The molecule has 3 aromatic rings. The lowest BCUT2D eigenvalue weighted by Crippen LogP contribution is -2.26. The molecule has 0 fully saturated rings. The van der Waals surface area contributed by atoms with Crippen LogP contribution in [0.1, 0.15) is 12.0 Å². The standard InChI is InChI=1S/C18H15Br2NO4/c1-11-9-14-16(15(20)10-11)21(18(23)25-17(14)22)7-2-8-24-13-5-3-12(19)4-6-13/h3-6,9-10H,2,7-8H2,1H3. The molecular weight excluding hydrogens is 454 g/mol.